The van der Waals surface area contributed by atoms with Crippen molar-refractivity contribution in [2.75, 3.05) is 26.7 Å². The van der Waals surface area contributed by atoms with E-state index in [1.165, 1.54) is 6.92 Å². The molecule has 0 atom stereocenters. The highest BCUT2D eigenvalue weighted by atomic mass is 127. The number of rotatable bonds is 7. The summed E-state index contributed by atoms with van der Waals surface area (Å²) >= 11 is 0. The number of carbonyl (C=O) groups excluding carboxylic acids is 1. The van der Waals surface area contributed by atoms with Crippen molar-refractivity contribution in [3.8, 4) is 5.75 Å². The lowest BCUT2D eigenvalue weighted by molar-refractivity contribution is -0.118. The van der Waals surface area contributed by atoms with E-state index >= 15 is 0 Å². The third kappa shape index (κ3) is 8.71. The Bertz CT molecular complexity index is 480. The van der Waals surface area contributed by atoms with Crippen LogP contribution in [0, 0.1) is 0 Å². The van der Waals surface area contributed by atoms with Gasteiger partial charge >= 0.3 is 0 Å². The Morgan fingerprint density at radius 1 is 1.23 bits per heavy atom. The van der Waals surface area contributed by atoms with Crippen molar-refractivity contribution in [3.63, 3.8) is 0 Å². The van der Waals surface area contributed by atoms with Crippen molar-refractivity contribution in [1.82, 2.24) is 16.0 Å². The van der Waals surface area contributed by atoms with Crippen LogP contribution >= 0.6 is 24.0 Å². The van der Waals surface area contributed by atoms with E-state index in [9.17, 15) is 4.79 Å². The van der Waals surface area contributed by atoms with Crippen molar-refractivity contribution in [2.24, 2.45) is 4.99 Å². The zero-order valence-electron chi connectivity index (χ0n) is 13.3. The monoisotopic (exact) mass is 420 g/mol. The van der Waals surface area contributed by atoms with Crippen LogP contribution in [0.4, 0.5) is 0 Å². The van der Waals surface area contributed by atoms with Gasteiger partial charge in [-0.3, -0.25) is 4.79 Å². The number of carbonyl (C=O) groups is 1. The number of hydrogen-bond donors (Lipinski definition) is 3. The summed E-state index contributed by atoms with van der Waals surface area (Å²) < 4.78 is 5.19. The predicted molar refractivity (Wildman–Crippen MR) is 99.9 cm³/mol. The Morgan fingerprint density at radius 2 is 1.95 bits per heavy atom. The Hall–Kier alpha value is -1.51. The van der Waals surface area contributed by atoms with Gasteiger partial charge < -0.3 is 20.7 Å². The van der Waals surface area contributed by atoms with Crippen molar-refractivity contribution < 1.29 is 9.53 Å². The minimum absolute atomic E-state index is 0. The van der Waals surface area contributed by atoms with Crippen LogP contribution in [-0.2, 0) is 11.3 Å². The Morgan fingerprint density at radius 3 is 2.59 bits per heavy atom. The summed E-state index contributed by atoms with van der Waals surface area (Å²) in [7, 11) is 1.65. The predicted octanol–water partition coefficient (Wildman–Crippen LogP) is 1.50. The first kappa shape index (κ1) is 20.5. The van der Waals surface area contributed by atoms with Gasteiger partial charge in [-0.05, 0) is 24.6 Å². The second kappa shape index (κ2) is 12.1. The van der Waals surface area contributed by atoms with Crippen LogP contribution < -0.4 is 20.7 Å². The number of ether oxygens (including phenoxy) is 1. The van der Waals surface area contributed by atoms with Gasteiger partial charge in [0.1, 0.15) is 5.75 Å². The second-order valence-electron chi connectivity index (χ2n) is 4.46. The minimum Gasteiger partial charge on any atom is -0.497 e. The lowest BCUT2D eigenvalue weighted by Gasteiger charge is -2.11. The van der Waals surface area contributed by atoms with Gasteiger partial charge in [-0.1, -0.05) is 12.1 Å². The molecule has 1 aromatic rings. The lowest BCUT2D eigenvalue weighted by Crippen LogP contribution is -2.41. The number of benzene rings is 1. The van der Waals surface area contributed by atoms with Gasteiger partial charge in [0.2, 0.25) is 5.91 Å². The molecule has 0 saturated carbocycles. The smallest absolute Gasteiger partial charge is 0.216 e. The van der Waals surface area contributed by atoms with Crippen LogP contribution in [0.1, 0.15) is 19.4 Å². The highest BCUT2D eigenvalue weighted by molar-refractivity contribution is 14.0. The molecule has 22 heavy (non-hydrogen) atoms. The van der Waals surface area contributed by atoms with Crippen molar-refractivity contribution in [3.05, 3.63) is 29.8 Å². The molecule has 3 N–H and O–H groups in total. The third-order valence-electron chi connectivity index (χ3n) is 2.69. The first-order valence-corrected chi connectivity index (χ1v) is 7.05. The maximum absolute atomic E-state index is 10.8. The molecule has 1 rings (SSSR count). The number of hydrogen-bond acceptors (Lipinski definition) is 3. The number of guanidine groups is 1. The zero-order valence-corrected chi connectivity index (χ0v) is 15.6. The number of amides is 1. The molecule has 1 aromatic carbocycles. The minimum atomic E-state index is -0.0323. The fourth-order valence-corrected chi connectivity index (χ4v) is 1.70. The second-order valence-corrected chi connectivity index (χ2v) is 4.46. The molecule has 0 fully saturated rings. The Balaban J connectivity index is 0.00000441. The molecular weight excluding hydrogens is 395 g/mol. The fraction of sp³-hybridized carbons (Fsp3) is 0.467. The Labute approximate surface area is 149 Å². The molecule has 0 aromatic heterocycles. The van der Waals surface area contributed by atoms with Gasteiger partial charge in [-0.25, -0.2) is 4.99 Å². The average Bonchev–Trinajstić information content (AvgIpc) is 2.49. The van der Waals surface area contributed by atoms with Crippen LogP contribution in [0.5, 0.6) is 5.75 Å². The molecule has 124 valence electrons. The van der Waals surface area contributed by atoms with Crippen molar-refractivity contribution >= 4 is 35.8 Å². The van der Waals surface area contributed by atoms with Gasteiger partial charge in [0.15, 0.2) is 5.96 Å². The summed E-state index contributed by atoms with van der Waals surface area (Å²) in [5.74, 6) is 1.52. The molecule has 0 spiro atoms. The van der Waals surface area contributed by atoms with E-state index in [1.54, 1.807) is 7.11 Å². The number of aliphatic imine (C=N–C) groups is 1. The van der Waals surface area contributed by atoms with Gasteiger partial charge in [0.25, 0.3) is 0 Å². The average molecular weight is 420 g/mol. The molecule has 1 amide bonds. The topological polar surface area (TPSA) is 74.8 Å². The SMILES string of the molecule is CCNC(=NCc1cccc(OC)c1)NCCNC(C)=O.I. The van der Waals surface area contributed by atoms with Crippen LogP contribution in [0.15, 0.2) is 29.3 Å². The van der Waals surface area contributed by atoms with E-state index in [2.05, 4.69) is 20.9 Å². The number of nitrogens with one attached hydrogen (secondary N) is 3. The summed E-state index contributed by atoms with van der Waals surface area (Å²) in [4.78, 5) is 15.3. The van der Waals surface area contributed by atoms with Crippen LogP contribution in [0.3, 0.4) is 0 Å². The molecule has 0 aliphatic carbocycles. The standard InChI is InChI=1S/C15H24N4O2.HI/c1-4-16-15(18-9-8-17-12(2)20)19-11-13-6-5-7-14(10-13)21-3;/h5-7,10H,4,8-9,11H2,1-3H3,(H,17,20)(H2,16,18,19);1H. The number of methoxy groups -OCH3 is 1. The van der Waals surface area contributed by atoms with Crippen molar-refractivity contribution in [2.45, 2.75) is 20.4 Å². The summed E-state index contributed by atoms with van der Waals surface area (Å²) in [6, 6.07) is 7.82. The molecule has 0 unspecified atom stereocenters. The molecule has 0 aliphatic rings. The fourth-order valence-electron chi connectivity index (χ4n) is 1.70. The third-order valence-corrected chi connectivity index (χ3v) is 2.69. The van der Waals surface area contributed by atoms with E-state index in [1.807, 2.05) is 31.2 Å². The number of halogens is 1. The zero-order chi connectivity index (χ0) is 15.5. The first-order valence-electron chi connectivity index (χ1n) is 7.05. The molecule has 0 bridgehead atoms. The largest absolute Gasteiger partial charge is 0.497 e. The lowest BCUT2D eigenvalue weighted by atomic mass is 10.2. The van der Waals surface area contributed by atoms with Crippen LogP contribution in [0.25, 0.3) is 0 Å². The molecular formula is C15H25IN4O2. The van der Waals surface area contributed by atoms with Gasteiger partial charge in [0, 0.05) is 26.6 Å². The number of nitrogens with zero attached hydrogens (tertiary/aromatic N) is 1. The van der Waals surface area contributed by atoms with Gasteiger partial charge in [-0.15, -0.1) is 24.0 Å². The summed E-state index contributed by atoms with van der Waals surface area (Å²) in [5, 5.41) is 9.06. The molecule has 0 heterocycles. The highest BCUT2D eigenvalue weighted by Gasteiger charge is 1.99. The molecule has 7 heteroatoms. The summed E-state index contributed by atoms with van der Waals surface area (Å²) in [5.41, 5.74) is 1.08. The van der Waals surface area contributed by atoms with E-state index < -0.39 is 0 Å². The summed E-state index contributed by atoms with van der Waals surface area (Å²) in [6.45, 7) is 6.05. The molecule has 0 aliphatic heterocycles. The normalized spacial score (nSPS) is 10.4. The van der Waals surface area contributed by atoms with Crippen molar-refractivity contribution in [1.29, 1.82) is 0 Å². The molecule has 0 radical (unpaired) electrons. The van der Waals surface area contributed by atoms with E-state index in [-0.39, 0.29) is 29.9 Å². The summed E-state index contributed by atoms with van der Waals surface area (Å²) in [6.07, 6.45) is 0. The van der Waals surface area contributed by atoms with E-state index in [0.29, 0.717) is 19.6 Å². The van der Waals surface area contributed by atoms with Crippen LogP contribution in [-0.4, -0.2) is 38.6 Å². The maximum atomic E-state index is 10.8. The molecule has 6 nitrogen and oxygen atoms in total. The quantitative estimate of drug-likeness (QED) is 0.271. The Kier molecular flexibility index (Phi) is 11.2. The highest BCUT2D eigenvalue weighted by Crippen LogP contribution is 2.12. The van der Waals surface area contributed by atoms with Gasteiger partial charge in [-0.2, -0.15) is 0 Å². The van der Waals surface area contributed by atoms with E-state index in [4.69, 9.17) is 4.74 Å². The molecule has 0 saturated heterocycles. The van der Waals surface area contributed by atoms with Gasteiger partial charge in [0.05, 0.1) is 13.7 Å². The first-order chi connectivity index (χ1) is 10.2. The van der Waals surface area contributed by atoms with E-state index in [0.717, 1.165) is 23.8 Å². The van der Waals surface area contributed by atoms with Crippen LogP contribution in [0.2, 0.25) is 0 Å². The maximum Gasteiger partial charge on any atom is 0.216 e.